The molecule has 0 saturated heterocycles. The van der Waals surface area contributed by atoms with Gasteiger partial charge in [-0.2, -0.15) is 0 Å². The van der Waals surface area contributed by atoms with Gasteiger partial charge >= 0.3 is 0 Å². The molecule has 146 valence electrons. The number of aryl methyl sites for hydroxylation is 1. The van der Waals surface area contributed by atoms with E-state index in [1.54, 1.807) is 32.9 Å². The maximum absolute atomic E-state index is 13.5. The van der Waals surface area contributed by atoms with Crippen LogP contribution in [0.15, 0.2) is 47.4 Å². The van der Waals surface area contributed by atoms with E-state index in [0.29, 0.717) is 6.42 Å². The van der Waals surface area contributed by atoms with Crippen LogP contribution in [0.2, 0.25) is 0 Å². The zero-order chi connectivity index (χ0) is 20.2. The lowest BCUT2D eigenvalue weighted by Crippen LogP contribution is -2.40. The smallest absolute Gasteiger partial charge is 0.241 e. The van der Waals surface area contributed by atoms with Crippen molar-refractivity contribution in [1.82, 2.24) is 4.72 Å². The van der Waals surface area contributed by atoms with Crippen LogP contribution in [0, 0.1) is 11.6 Å². The molecule has 0 atom stereocenters. The van der Waals surface area contributed by atoms with Gasteiger partial charge in [-0.15, -0.1) is 0 Å². The van der Waals surface area contributed by atoms with Crippen LogP contribution in [-0.4, -0.2) is 19.9 Å². The number of amides is 1. The van der Waals surface area contributed by atoms with Crippen LogP contribution in [-0.2, 0) is 21.2 Å². The maximum atomic E-state index is 13.5. The van der Waals surface area contributed by atoms with E-state index >= 15 is 0 Å². The highest BCUT2D eigenvalue weighted by molar-refractivity contribution is 7.89. The Morgan fingerprint density at radius 2 is 1.67 bits per heavy atom. The fourth-order valence-electron chi connectivity index (χ4n) is 2.36. The predicted molar refractivity (Wildman–Crippen MR) is 99.8 cm³/mol. The molecule has 0 bridgehead atoms. The summed E-state index contributed by atoms with van der Waals surface area (Å²) in [6.45, 7) is 5.25. The summed E-state index contributed by atoms with van der Waals surface area (Å²) in [6, 6.07) is 8.99. The highest BCUT2D eigenvalue weighted by Crippen LogP contribution is 2.17. The fraction of sp³-hybridized carbons (Fsp3) is 0.316. The third kappa shape index (κ3) is 6.41. The van der Waals surface area contributed by atoms with E-state index in [2.05, 4.69) is 10.0 Å². The number of rotatable bonds is 6. The third-order valence-electron chi connectivity index (χ3n) is 3.52. The summed E-state index contributed by atoms with van der Waals surface area (Å²) in [5.74, 6) is -1.83. The summed E-state index contributed by atoms with van der Waals surface area (Å²) in [4.78, 5) is 12.1. The summed E-state index contributed by atoms with van der Waals surface area (Å²) >= 11 is 0. The van der Waals surface area contributed by atoms with Crippen molar-refractivity contribution in [3.05, 3.63) is 59.7 Å². The first kappa shape index (κ1) is 21.0. The first-order valence-electron chi connectivity index (χ1n) is 8.34. The minimum atomic E-state index is -3.62. The lowest BCUT2D eigenvalue weighted by atomic mass is 10.1. The van der Waals surface area contributed by atoms with Crippen molar-refractivity contribution in [3.63, 3.8) is 0 Å². The van der Waals surface area contributed by atoms with Crippen LogP contribution >= 0.6 is 0 Å². The Kier molecular flexibility index (Phi) is 6.33. The number of sulfonamides is 1. The third-order valence-corrected chi connectivity index (χ3v) is 5.29. The zero-order valence-corrected chi connectivity index (χ0v) is 16.2. The van der Waals surface area contributed by atoms with Crippen LogP contribution in [0.25, 0.3) is 0 Å². The standard InChI is InChI=1S/C19H22F2N2O3S/c1-19(2,3)23-27(25,26)15-8-4-13(5-9-15)6-11-18(24)22-17-12-14(20)7-10-16(17)21/h4-5,7-10,12,23H,6,11H2,1-3H3,(H,22,24). The summed E-state index contributed by atoms with van der Waals surface area (Å²) in [5.41, 5.74) is -0.0591. The van der Waals surface area contributed by atoms with E-state index < -0.39 is 33.1 Å². The lowest BCUT2D eigenvalue weighted by molar-refractivity contribution is -0.116. The number of halogens is 2. The van der Waals surface area contributed by atoms with Crippen molar-refractivity contribution in [2.75, 3.05) is 5.32 Å². The molecule has 0 aliphatic rings. The van der Waals surface area contributed by atoms with Crippen molar-refractivity contribution in [2.24, 2.45) is 0 Å². The van der Waals surface area contributed by atoms with Gasteiger partial charge < -0.3 is 5.32 Å². The van der Waals surface area contributed by atoms with Gasteiger partial charge in [-0.1, -0.05) is 12.1 Å². The number of carbonyl (C=O) groups excluding carboxylic acids is 1. The van der Waals surface area contributed by atoms with E-state index in [4.69, 9.17) is 0 Å². The summed E-state index contributed by atoms with van der Waals surface area (Å²) in [6.07, 6.45) is 0.373. The molecule has 0 spiro atoms. The van der Waals surface area contributed by atoms with Crippen molar-refractivity contribution >= 4 is 21.6 Å². The van der Waals surface area contributed by atoms with Crippen molar-refractivity contribution in [1.29, 1.82) is 0 Å². The predicted octanol–water partition coefficient (Wildman–Crippen LogP) is 3.61. The summed E-state index contributed by atoms with van der Waals surface area (Å²) in [7, 11) is -3.62. The zero-order valence-electron chi connectivity index (χ0n) is 15.3. The molecular formula is C19H22F2N2O3S. The molecule has 5 nitrogen and oxygen atoms in total. The molecule has 0 aliphatic carbocycles. The van der Waals surface area contributed by atoms with Crippen LogP contribution in [0.5, 0.6) is 0 Å². The van der Waals surface area contributed by atoms with Crippen molar-refractivity contribution in [3.8, 4) is 0 Å². The quantitative estimate of drug-likeness (QED) is 0.783. The number of carbonyl (C=O) groups is 1. The highest BCUT2D eigenvalue weighted by atomic mass is 32.2. The first-order valence-corrected chi connectivity index (χ1v) is 9.82. The molecule has 0 aromatic heterocycles. The Morgan fingerprint density at radius 1 is 1.04 bits per heavy atom. The molecule has 0 aliphatic heterocycles. The number of hydrogen-bond donors (Lipinski definition) is 2. The molecule has 8 heteroatoms. The monoisotopic (exact) mass is 396 g/mol. The van der Waals surface area contributed by atoms with E-state index in [1.165, 1.54) is 12.1 Å². The summed E-state index contributed by atoms with van der Waals surface area (Å²) in [5, 5.41) is 2.32. The van der Waals surface area contributed by atoms with E-state index in [-0.39, 0.29) is 17.0 Å². The van der Waals surface area contributed by atoms with Gasteiger partial charge in [0.15, 0.2) is 0 Å². The maximum Gasteiger partial charge on any atom is 0.241 e. The molecule has 0 radical (unpaired) electrons. The Morgan fingerprint density at radius 3 is 2.26 bits per heavy atom. The minimum absolute atomic E-state index is 0.0439. The van der Waals surface area contributed by atoms with Gasteiger partial charge in [0.1, 0.15) is 11.6 Å². The Balaban J connectivity index is 1.97. The Hall–Kier alpha value is -2.32. The molecule has 0 heterocycles. The van der Waals surface area contributed by atoms with Crippen LogP contribution in [0.1, 0.15) is 32.8 Å². The number of nitrogens with one attached hydrogen (secondary N) is 2. The topological polar surface area (TPSA) is 75.3 Å². The van der Waals surface area contributed by atoms with Gasteiger partial charge in [0.05, 0.1) is 10.6 Å². The normalized spacial score (nSPS) is 12.0. The van der Waals surface area contributed by atoms with Crippen LogP contribution < -0.4 is 10.0 Å². The molecule has 1 amide bonds. The molecule has 0 unspecified atom stereocenters. The second kappa shape index (κ2) is 8.14. The van der Waals surface area contributed by atoms with E-state index in [9.17, 15) is 22.0 Å². The molecule has 2 aromatic rings. The van der Waals surface area contributed by atoms with E-state index in [0.717, 1.165) is 23.8 Å². The lowest BCUT2D eigenvalue weighted by Gasteiger charge is -2.20. The average Bonchev–Trinajstić information content (AvgIpc) is 2.54. The molecule has 0 fully saturated rings. The largest absolute Gasteiger partial charge is 0.324 e. The fourth-order valence-corrected chi connectivity index (χ4v) is 3.78. The van der Waals surface area contributed by atoms with Gasteiger partial charge in [0.25, 0.3) is 0 Å². The van der Waals surface area contributed by atoms with Gasteiger partial charge in [0.2, 0.25) is 15.9 Å². The highest BCUT2D eigenvalue weighted by Gasteiger charge is 2.21. The number of hydrogen-bond acceptors (Lipinski definition) is 3. The SMILES string of the molecule is CC(C)(C)NS(=O)(=O)c1ccc(CCC(=O)Nc2cc(F)ccc2F)cc1. The van der Waals surface area contributed by atoms with Crippen LogP contribution in [0.4, 0.5) is 14.5 Å². The van der Waals surface area contributed by atoms with Crippen molar-refractivity contribution in [2.45, 2.75) is 44.0 Å². The minimum Gasteiger partial charge on any atom is -0.324 e. The second-order valence-corrected chi connectivity index (χ2v) is 8.85. The average molecular weight is 396 g/mol. The molecule has 27 heavy (non-hydrogen) atoms. The Labute approximate surface area is 157 Å². The second-order valence-electron chi connectivity index (χ2n) is 7.17. The molecule has 0 saturated carbocycles. The molecule has 2 aromatic carbocycles. The van der Waals surface area contributed by atoms with Gasteiger partial charge in [0, 0.05) is 18.0 Å². The Bertz CT molecular complexity index is 921. The number of benzene rings is 2. The molecular weight excluding hydrogens is 374 g/mol. The van der Waals surface area contributed by atoms with Crippen molar-refractivity contribution < 1.29 is 22.0 Å². The van der Waals surface area contributed by atoms with Gasteiger partial charge in [-0.05, 0) is 57.0 Å². The van der Waals surface area contributed by atoms with Gasteiger partial charge in [-0.25, -0.2) is 21.9 Å². The first-order chi connectivity index (χ1) is 12.5. The van der Waals surface area contributed by atoms with E-state index in [1.807, 2.05) is 0 Å². The van der Waals surface area contributed by atoms with Gasteiger partial charge in [-0.3, -0.25) is 4.79 Å². The number of anilines is 1. The van der Waals surface area contributed by atoms with Crippen LogP contribution in [0.3, 0.4) is 0 Å². The molecule has 2 N–H and O–H groups in total. The molecule has 2 rings (SSSR count). The summed E-state index contributed by atoms with van der Waals surface area (Å²) < 4.78 is 53.7.